The van der Waals surface area contributed by atoms with E-state index in [1.165, 1.54) is 24.8 Å². The molecule has 1 fully saturated rings. The Kier molecular flexibility index (Phi) is 3.72. The quantitative estimate of drug-likeness (QED) is 0.862. The van der Waals surface area contributed by atoms with E-state index < -0.39 is 6.10 Å². The van der Waals surface area contributed by atoms with E-state index in [4.69, 9.17) is 0 Å². The van der Waals surface area contributed by atoms with Crippen LogP contribution >= 0.6 is 15.9 Å². The number of halogens is 1. The Morgan fingerprint density at radius 1 is 0.947 bits per heavy atom. The van der Waals surface area contributed by atoms with E-state index in [2.05, 4.69) is 34.1 Å². The smallest absolute Gasteiger partial charge is 0.105 e. The van der Waals surface area contributed by atoms with E-state index in [0.29, 0.717) is 5.92 Å². The molecule has 98 valence electrons. The summed E-state index contributed by atoms with van der Waals surface area (Å²) >= 11 is 3.53. The van der Waals surface area contributed by atoms with Crippen molar-refractivity contribution in [2.24, 2.45) is 0 Å². The van der Waals surface area contributed by atoms with Crippen molar-refractivity contribution < 1.29 is 5.11 Å². The first-order valence-corrected chi connectivity index (χ1v) is 7.58. The number of aliphatic hydroxyl groups excluding tert-OH is 1. The highest BCUT2D eigenvalue weighted by molar-refractivity contribution is 9.10. The summed E-state index contributed by atoms with van der Waals surface area (Å²) in [6.07, 6.45) is 3.26. The van der Waals surface area contributed by atoms with Gasteiger partial charge in [-0.3, -0.25) is 0 Å². The van der Waals surface area contributed by atoms with E-state index in [9.17, 15) is 5.11 Å². The second kappa shape index (κ2) is 5.48. The molecule has 1 unspecified atom stereocenters. The molecule has 0 radical (unpaired) electrons. The molecular weight excluding hydrogens is 300 g/mol. The van der Waals surface area contributed by atoms with Crippen LogP contribution in [0.4, 0.5) is 0 Å². The summed E-state index contributed by atoms with van der Waals surface area (Å²) in [5.74, 6) is 0.633. The van der Waals surface area contributed by atoms with Crippen molar-refractivity contribution in [1.82, 2.24) is 0 Å². The summed E-state index contributed by atoms with van der Waals surface area (Å²) in [6.45, 7) is 0. The Morgan fingerprint density at radius 3 is 2.21 bits per heavy atom. The van der Waals surface area contributed by atoms with Crippen LogP contribution in [0.5, 0.6) is 0 Å². The van der Waals surface area contributed by atoms with Gasteiger partial charge in [0.05, 0.1) is 0 Å². The molecule has 0 saturated heterocycles. The first-order chi connectivity index (χ1) is 9.27. The molecular formula is C17H17BrO. The number of rotatable bonds is 3. The molecule has 19 heavy (non-hydrogen) atoms. The summed E-state index contributed by atoms with van der Waals surface area (Å²) in [5.41, 5.74) is 3.31. The van der Waals surface area contributed by atoms with Crippen molar-refractivity contribution in [3.05, 3.63) is 69.7 Å². The average Bonchev–Trinajstić information content (AvgIpc) is 2.37. The lowest BCUT2D eigenvalue weighted by atomic mass is 9.77. The Labute approximate surface area is 122 Å². The number of hydrogen-bond acceptors (Lipinski definition) is 1. The fourth-order valence-corrected chi connectivity index (χ4v) is 3.22. The van der Waals surface area contributed by atoms with Crippen LogP contribution in [0.25, 0.3) is 0 Å². The standard InChI is InChI=1S/C17H17BrO/c18-16-11-4-3-10-15(16)17(19)14-9-2-1-8-13(14)12-6-5-7-12/h1-4,8-12,17,19H,5-7H2. The maximum absolute atomic E-state index is 10.7. The van der Waals surface area contributed by atoms with Crippen molar-refractivity contribution in [2.45, 2.75) is 31.3 Å². The summed E-state index contributed by atoms with van der Waals surface area (Å²) in [5, 5.41) is 10.7. The fourth-order valence-electron chi connectivity index (χ4n) is 2.72. The van der Waals surface area contributed by atoms with E-state index in [0.717, 1.165) is 15.6 Å². The first-order valence-electron chi connectivity index (χ1n) is 6.78. The predicted molar refractivity (Wildman–Crippen MR) is 81.2 cm³/mol. The minimum absolute atomic E-state index is 0.549. The average molecular weight is 317 g/mol. The lowest BCUT2D eigenvalue weighted by Crippen LogP contribution is -2.13. The molecule has 1 aliphatic rings. The molecule has 0 aromatic heterocycles. The van der Waals surface area contributed by atoms with Crippen LogP contribution in [-0.4, -0.2) is 5.11 Å². The summed E-state index contributed by atoms with van der Waals surface area (Å²) in [7, 11) is 0. The molecule has 2 heteroatoms. The number of aliphatic hydroxyl groups is 1. The van der Waals surface area contributed by atoms with Gasteiger partial charge in [0.2, 0.25) is 0 Å². The third-order valence-corrected chi connectivity index (χ3v) is 4.76. The molecule has 2 aromatic carbocycles. The minimum Gasteiger partial charge on any atom is -0.384 e. The zero-order valence-corrected chi connectivity index (χ0v) is 12.3. The monoisotopic (exact) mass is 316 g/mol. The largest absolute Gasteiger partial charge is 0.384 e. The molecule has 0 amide bonds. The zero-order chi connectivity index (χ0) is 13.2. The molecule has 0 spiro atoms. The minimum atomic E-state index is -0.549. The van der Waals surface area contributed by atoms with E-state index in [-0.39, 0.29) is 0 Å². The van der Waals surface area contributed by atoms with Gasteiger partial charge in [-0.1, -0.05) is 64.8 Å². The van der Waals surface area contributed by atoms with Crippen molar-refractivity contribution in [3.63, 3.8) is 0 Å². The maximum atomic E-state index is 10.7. The maximum Gasteiger partial charge on any atom is 0.105 e. The third-order valence-electron chi connectivity index (χ3n) is 4.04. The first kappa shape index (κ1) is 12.9. The Balaban J connectivity index is 2.00. The van der Waals surface area contributed by atoms with Gasteiger partial charge in [0.15, 0.2) is 0 Å². The van der Waals surface area contributed by atoms with Gasteiger partial charge in [-0.15, -0.1) is 0 Å². The van der Waals surface area contributed by atoms with Gasteiger partial charge in [-0.05, 0) is 41.5 Å². The highest BCUT2D eigenvalue weighted by Gasteiger charge is 2.25. The van der Waals surface area contributed by atoms with Crippen LogP contribution in [0.3, 0.4) is 0 Å². The molecule has 1 aliphatic carbocycles. The van der Waals surface area contributed by atoms with Crippen molar-refractivity contribution in [2.75, 3.05) is 0 Å². The lowest BCUT2D eigenvalue weighted by molar-refractivity contribution is 0.216. The van der Waals surface area contributed by atoms with Crippen molar-refractivity contribution in [1.29, 1.82) is 0 Å². The topological polar surface area (TPSA) is 20.2 Å². The summed E-state index contributed by atoms with van der Waals surface area (Å²) in [6, 6.07) is 16.2. The molecule has 0 aliphatic heterocycles. The Bertz CT molecular complexity index is 575. The van der Waals surface area contributed by atoms with Crippen LogP contribution in [0.15, 0.2) is 53.0 Å². The van der Waals surface area contributed by atoms with Crippen LogP contribution in [0.1, 0.15) is 48.0 Å². The highest BCUT2D eigenvalue weighted by atomic mass is 79.9. The van der Waals surface area contributed by atoms with E-state index >= 15 is 0 Å². The molecule has 0 heterocycles. The summed E-state index contributed by atoms with van der Waals surface area (Å²) in [4.78, 5) is 0. The molecule has 2 aromatic rings. The van der Waals surface area contributed by atoms with Gasteiger partial charge in [0, 0.05) is 4.47 Å². The normalized spacial score (nSPS) is 16.9. The highest BCUT2D eigenvalue weighted by Crippen LogP contribution is 2.41. The second-order valence-electron chi connectivity index (χ2n) is 5.18. The second-order valence-corrected chi connectivity index (χ2v) is 6.04. The van der Waals surface area contributed by atoms with Crippen LogP contribution < -0.4 is 0 Å². The number of hydrogen-bond donors (Lipinski definition) is 1. The molecule has 1 atom stereocenters. The van der Waals surface area contributed by atoms with Gasteiger partial charge in [-0.2, -0.15) is 0 Å². The third kappa shape index (κ3) is 2.47. The Morgan fingerprint density at radius 2 is 1.58 bits per heavy atom. The van der Waals surface area contributed by atoms with Crippen molar-refractivity contribution >= 4 is 15.9 Å². The molecule has 1 nitrogen and oxygen atoms in total. The fraction of sp³-hybridized carbons (Fsp3) is 0.294. The molecule has 1 saturated carbocycles. The Hall–Kier alpha value is -1.12. The van der Waals surface area contributed by atoms with Crippen LogP contribution in [-0.2, 0) is 0 Å². The number of benzene rings is 2. The van der Waals surface area contributed by atoms with Gasteiger partial charge < -0.3 is 5.11 Å². The molecule has 0 bridgehead atoms. The van der Waals surface area contributed by atoms with Gasteiger partial charge in [0.25, 0.3) is 0 Å². The van der Waals surface area contributed by atoms with Gasteiger partial charge in [0.1, 0.15) is 6.10 Å². The summed E-state index contributed by atoms with van der Waals surface area (Å²) < 4.78 is 0.964. The lowest BCUT2D eigenvalue weighted by Gasteiger charge is -2.29. The van der Waals surface area contributed by atoms with Crippen molar-refractivity contribution in [3.8, 4) is 0 Å². The zero-order valence-electron chi connectivity index (χ0n) is 10.7. The van der Waals surface area contributed by atoms with Crippen LogP contribution in [0, 0.1) is 0 Å². The van der Waals surface area contributed by atoms with E-state index in [1.807, 2.05) is 30.3 Å². The molecule has 1 N–H and O–H groups in total. The predicted octanol–water partition coefficient (Wildman–Crippen LogP) is 4.80. The van der Waals surface area contributed by atoms with Gasteiger partial charge >= 0.3 is 0 Å². The molecule has 3 rings (SSSR count). The SMILES string of the molecule is OC(c1ccccc1Br)c1ccccc1C1CCC1. The van der Waals surface area contributed by atoms with E-state index in [1.54, 1.807) is 0 Å². The van der Waals surface area contributed by atoms with Crippen LogP contribution in [0.2, 0.25) is 0 Å². The van der Waals surface area contributed by atoms with Gasteiger partial charge in [-0.25, -0.2) is 0 Å².